The standard InChI is InChI=1S/C25H28ClN5O3/c1-24(14-32)6-4-19-16(24)8-15(11-28-19)18-5-7-27-23(29-18)30-20-9-17(26)21(10-22(20)34-3)31-12-25(2,33)13-31/h5,7-11,32-33H,4,6,12-14H2,1-3H3,(H,27,29,30). The van der Waals surface area contributed by atoms with E-state index in [2.05, 4.69) is 33.3 Å². The lowest BCUT2D eigenvalue weighted by atomic mass is 9.85. The van der Waals surface area contributed by atoms with Crippen LogP contribution in [0.4, 0.5) is 17.3 Å². The zero-order chi connectivity index (χ0) is 24.1. The van der Waals surface area contributed by atoms with Crippen molar-refractivity contribution in [3.8, 4) is 17.0 Å². The zero-order valence-electron chi connectivity index (χ0n) is 19.5. The van der Waals surface area contributed by atoms with Crippen molar-refractivity contribution in [1.29, 1.82) is 0 Å². The van der Waals surface area contributed by atoms with Gasteiger partial charge < -0.3 is 25.2 Å². The van der Waals surface area contributed by atoms with E-state index in [0.29, 0.717) is 35.5 Å². The van der Waals surface area contributed by atoms with Crippen LogP contribution < -0.4 is 15.0 Å². The predicted molar refractivity (Wildman–Crippen MR) is 132 cm³/mol. The number of methoxy groups -OCH3 is 1. The van der Waals surface area contributed by atoms with Gasteiger partial charge in [-0.05, 0) is 43.5 Å². The molecule has 1 fully saturated rings. The predicted octanol–water partition coefficient (Wildman–Crippen LogP) is 3.71. The summed E-state index contributed by atoms with van der Waals surface area (Å²) in [5, 5.41) is 23.7. The van der Waals surface area contributed by atoms with E-state index in [-0.39, 0.29) is 12.0 Å². The lowest BCUT2D eigenvalue weighted by Gasteiger charge is -2.46. The summed E-state index contributed by atoms with van der Waals surface area (Å²) < 4.78 is 5.58. The van der Waals surface area contributed by atoms with Crippen LogP contribution in [0.3, 0.4) is 0 Å². The number of aromatic nitrogens is 3. The Morgan fingerprint density at radius 3 is 2.71 bits per heavy atom. The summed E-state index contributed by atoms with van der Waals surface area (Å²) in [4.78, 5) is 15.7. The van der Waals surface area contributed by atoms with Crippen LogP contribution in [-0.2, 0) is 11.8 Å². The van der Waals surface area contributed by atoms with Gasteiger partial charge in [-0.3, -0.25) is 4.98 Å². The average molecular weight is 482 g/mol. The number of rotatable bonds is 6. The molecule has 5 rings (SSSR count). The Bertz CT molecular complexity index is 1240. The van der Waals surface area contributed by atoms with Crippen LogP contribution in [0, 0.1) is 0 Å². The number of anilines is 3. The fourth-order valence-electron chi connectivity index (χ4n) is 4.75. The summed E-state index contributed by atoms with van der Waals surface area (Å²) in [5.74, 6) is 0.995. The minimum atomic E-state index is -0.706. The Balaban J connectivity index is 1.42. The number of β-amino-alcohol motifs (C(OH)–C–C–N with tert-alkyl or cyclic N) is 1. The number of aryl methyl sites for hydroxylation is 1. The van der Waals surface area contributed by atoms with Crippen LogP contribution in [0.15, 0.2) is 36.7 Å². The maximum absolute atomic E-state index is 10.1. The molecule has 2 aliphatic rings. The molecule has 34 heavy (non-hydrogen) atoms. The Labute approximate surface area is 203 Å². The molecule has 9 heteroatoms. The van der Waals surface area contributed by atoms with Gasteiger partial charge in [-0.15, -0.1) is 0 Å². The van der Waals surface area contributed by atoms with E-state index in [1.807, 2.05) is 23.2 Å². The largest absolute Gasteiger partial charge is 0.494 e. The highest BCUT2D eigenvalue weighted by Crippen LogP contribution is 2.41. The number of aliphatic hydroxyl groups excluding tert-OH is 1. The molecule has 178 valence electrons. The van der Waals surface area contributed by atoms with Gasteiger partial charge in [0.2, 0.25) is 5.95 Å². The highest BCUT2D eigenvalue weighted by atomic mass is 35.5. The van der Waals surface area contributed by atoms with Crippen molar-refractivity contribution in [1.82, 2.24) is 15.0 Å². The van der Waals surface area contributed by atoms with E-state index in [0.717, 1.165) is 41.0 Å². The van der Waals surface area contributed by atoms with Gasteiger partial charge in [0, 0.05) is 48.2 Å². The van der Waals surface area contributed by atoms with Gasteiger partial charge in [0.15, 0.2) is 0 Å². The molecule has 1 saturated heterocycles. The summed E-state index contributed by atoms with van der Waals surface area (Å²) in [6, 6.07) is 7.54. The monoisotopic (exact) mass is 481 g/mol. The van der Waals surface area contributed by atoms with Gasteiger partial charge in [-0.1, -0.05) is 18.5 Å². The number of nitrogens with zero attached hydrogens (tertiary/aromatic N) is 4. The summed E-state index contributed by atoms with van der Waals surface area (Å²) in [7, 11) is 1.59. The van der Waals surface area contributed by atoms with Crippen molar-refractivity contribution in [3.63, 3.8) is 0 Å². The molecule has 1 aliphatic heterocycles. The molecule has 3 N–H and O–H groups in total. The van der Waals surface area contributed by atoms with E-state index in [9.17, 15) is 10.2 Å². The number of aliphatic hydroxyl groups is 2. The van der Waals surface area contributed by atoms with E-state index in [1.165, 1.54) is 0 Å². The average Bonchev–Trinajstić information content (AvgIpc) is 3.14. The van der Waals surface area contributed by atoms with Crippen LogP contribution in [-0.4, -0.2) is 57.6 Å². The van der Waals surface area contributed by atoms with Crippen molar-refractivity contribution < 1.29 is 14.9 Å². The van der Waals surface area contributed by atoms with Gasteiger partial charge in [-0.2, -0.15) is 0 Å². The van der Waals surface area contributed by atoms with E-state index in [4.69, 9.17) is 16.3 Å². The summed E-state index contributed by atoms with van der Waals surface area (Å²) >= 11 is 6.56. The Hall–Kier alpha value is -2.94. The first-order chi connectivity index (χ1) is 16.2. The van der Waals surface area contributed by atoms with E-state index in [1.54, 1.807) is 26.3 Å². The number of fused-ring (bicyclic) bond motifs is 1. The third-order valence-corrected chi connectivity index (χ3v) is 7.06. The highest BCUT2D eigenvalue weighted by molar-refractivity contribution is 6.33. The van der Waals surface area contributed by atoms with Crippen molar-refractivity contribution in [2.45, 2.75) is 37.7 Å². The van der Waals surface area contributed by atoms with Gasteiger partial charge in [0.1, 0.15) is 5.75 Å². The van der Waals surface area contributed by atoms with Crippen molar-refractivity contribution >= 4 is 28.9 Å². The van der Waals surface area contributed by atoms with Gasteiger partial charge in [0.25, 0.3) is 0 Å². The first-order valence-electron chi connectivity index (χ1n) is 11.3. The first-order valence-corrected chi connectivity index (χ1v) is 11.6. The third-order valence-electron chi connectivity index (χ3n) is 6.75. The molecular weight excluding hydrogens is 454 g/mol. The van der Waals surface area contributed by atoms with Crippen LogP contribution in [0.25, 0.3) is 11.3 Å². The molecule has 0 spiro atoms. The maximum Gasteiger partial charge on any atom is 0.227 e. The molecule has 1 unspecified atom stereocenters. The molecule has 8 nitrogen and oxygen atoms in total. The number of ether oxygens (including phenoxy) is 1. The zero-order valence-corrected chi connectivity index (χ0v) is 20.2. The first kappa shape index (κ1) is 22.8. The molecule has 0 amide bonds. The number of hydrogen-bond donors (Lipinski definition) is 3. The van der Waals surface area contributed by atoms with Crippen LogP contribution in [0.5, 0.6) is 5.75 Å². The number of benzene rings is 1. The molecule has 2 aromatic heterocycles. The van der Waals surface area contributed by atoms with Crippen LogP contribution in [0.2, 0.25) is 5.02 Å². The molecule has 0 saturated carbocycles. The second-order valence-corrected chi connectivity index (χ2v) is 10.1. The fraction of sp³-hybridized carbons (Fsp3) is 0.400. The SMILES string of the molecule is COc1cc(N2CC(C)(O)C2)c(Cl)cc1Nc1nccc(-c2cnc3c(c2)C(C)(CO)CC3)n1. The normalized spacial score (nSPS) is 20.6. The molecular formula is C25H28ClN5O3. The summed E-state index contributed by atoms with van der Waals surface area (Å²) in [5.41, 5.74) is 4.18. The third kappa shape index (κ3) is 4.06. The Morgan fingerprint density at radius 1 is 1.21 bits per heavy atom. The molecule has 1 aromatic carbocycles. The number of halogens is 1. The summed E-state index contributed by atoms with van der Waals surface area (Å²) in [6.07, 6.45) is 5.27. The minimum absolute atomic E-state index is 0.0905. The van der Waals surface area contributed by atoms with Crippen LogP contribution in [0.1, 0.15) is 31.5 Å². The second-order valence-electron chi connectivity index (χ2n) is 9.68. The van der Waals surface area contributed by atoms with Gasteiger partial charge in [0.05, 0.1) is 41.4 Å². The molecule has 1 atom stereocenters. The van der Waals surface area contributed by atoms with E-state index >= 15 is 0 Å². The van der Waals surface area contributed by atoms with Gasteiger partial charge >= 0.3 is 0 Å². The van der Waals surface area contributed by atoms with E-state index < -0.39 is 5.60 Å². The second kappa shape index (κ2) is 8.37. The molecule has 0 bridgehead atoms. The van der Waals surface area contributed by atoms with Crippen molar-refractivity contribution in [2.24, 2.45) is 0 Å². The molecule has 3 aromatic rings. The lowest BCUT2D eigenvalue weighted by molar-refractivity contribution is 0.0310. The fourth-order valence-corrected chi connectivity index (χ4v) is 5.03. The highest BCUT2D eigenvalue weighted by Gasteiger charge is 2.38. The topological polar surface area (TPSA) is 104 Å². The quantitative estimate of drug-likeness (QED) is 0.489. The Morgan fingerprint density at radius 2 is 2.00 bits per heavy atom. The number of pyridine rings is 1. The van der Waals surface area contributed by atoms with Crippen molar-refractivity contribution in [3.05, 3.63) is 52.9 Å². The summed E-state index contributed by atoms with van der Waals surface area (Å²) in [6.45, 7) is 4.98. The van der Waals surface area contributed by atoms with Crippen molar-refractivity contribution in [2.75, 3.05) is 37.0 Å². The molecule has 1 aliphatic carbocycles. The smallest absolute Gasteiger partial charge is 0.227 e. The van der Waals surface area contributed by atoms with Crippen LogP contribution >= 0.6 is 11.6 Å². The van der Waals surface area contributed by atoms with Gasteiger partial charge in [-0.25, -0.2) is 9.97 Å². The number of nitrogens with one attached hydrogen (secondary N) is 1. The Kier molecular flexibility index (Phi) is 5.62. The number of hydrogen-bond acceptors (Lipinski definition) is 8. The molecule has 3 heterocycles. The lowest BCUT2D eigenvalue weighted by Crippen LogP contribution is -2.60. The minimum Gasteiger partial charge on any atom is -0.494 e. The molecule has 0 radical (unpaired) electrons. The maximum atomic E-state index is 10.1.